The molecule has 3 aliphatic carbocycles. The molecule has 0 heteroatoms. The molecule has 2 atom stereocenters. The summed E-state index contributed by atoms with van der Waals surface area (Å²) in [5.41, 5.74) is 1.48. The van der Waals surface area contributed by atoms with Crippen molar-refractivity contribution in [1.82, 2.24) is 0 Å². The van der Waals surface area contributed by atoms with Gasteiger partial charge in [-0.1, -0.05) is 131 Å². The largest absolute Gasteiger partial charge is 0.0651 e. The van der Waals surface area contributed by atoms with Crippen molar-refractivity contribution in [2.24, 2.45) is 22.7 Å². The maximum atomic E-state index is 2.44. The summed E-state index contributed by atoms with van der Waals surface area (Å²) < 4.78 is 0. The number of hydrogen-bond acceptors (Lipinski definition) is 0. The minimum absolute atomic E-state index is 0.720. The molecule has 0 N–H and O–H groups in total. The Hall–Kier alpha value is 0. The predicted octanol–water partition coefficient (Wildman–Crippen LogP) is 10.3. The van der Waals surface area contributed by atoms with E-state index in [1.807, 2.05) is 0 Å². The molecule has 28 heavy (non-hydrogen) atoms. The molecule has 2 unspecified atom stereocenters. The molecule has 0 aromatic heterocycles. The van der Waals surface area contributed by atoms with Crippen LogP contribution in [0.15, 0.2) is 0 Å². The third kappa shape index (κ3) is 9.21. The average molecular weight is 393 g/mol. The van der Waals surface area contributed by atoms with Gasteiger partial charge in [0.15, 0.2) is 0 Å². The van der Waals surface area contributed by atoms with Crippen LogP contribution in [-0.4, -0.2) is 0 Å². The Balaban J connectivity index is 0.000000210. The van der Waals surface area contributed by atoms with Crippen molar-refractivity contribution >= 4 is 0 Å². The van der Waals surface area contributed by atoms with E-state index in [2.05, 4.69) is 41.5 Å². The van der Waals surface area contributed by atoms with Gasteiger partial charge in [-0.05, 0) is 48.3 Å². The number of hydrogen-bond donors (Lipinski definition) is 0. The summed E-state index contributed by atoms with van der Waals surface area (Å²) in [7, 11) is 0. The molecular formula is C28H56. The van der Waals surface area contributed by atoms with E-state index in [0.717, 1.165) is 22.7 Å². The van der Waals surface area contributed by atoms with E-state index in [-0.39, 0.29) is 0 Å². The molecule has 0 radical (unpaired) electrons. The summed E-state index contributed by atoms with van der Waals surface area (Å²) in [6.45, 7) is 14.2. The third-order valence-electron chi connectivity index (χ3n) is 9.14. The summed E-state index contributed by atoms with van der Waals surface area (Å²) in [5, 5.41) is 0. The highest BCUT2D eigenvalue weighted by Crippen LogP contribution is 2.41. The zero-order valence-electron chi connectivity index (χ0n) is 20.9. The van der Waals surface area contributed by atoms with Gasteiger partial charge in [-0.2, -0.15) is 0 Å². The summed E-state index contributed by atoms with van der Waals surface area (Å²) in [6.07, 6.45) is 26.4. The monoisotopic (exact) mass is 392 g/mol. The average Bonchev–Trinajstić information content (AvgIpc) is 2.76. The highest BCUT2D eigenvalue weighted by molar-refractivity contribution is 4.80. The van der Waals surface area contributed by atoms with Gasteiger partial charge >= 0.3 is 0 Å². The fraction of sp³-hybridized carbons (Fsp3) is 1.00. The smallest absolute Gasteiger partial charge is 0.0303 e. The van der Waals surface area contributed by atoms with E-state index in [0.29, 0.717) is 0 Å². The lowest BCUT2D eigenvalue weighted by molar-refractivity contribution is 0.173. The summed E-state index contributed by atoms with van der Waals surface area (Å²) in [4.78, 5) is 0. The Bertz CT molecular complexity index is 350. The van der Waals surface area contributed by atoms with Crippen LogP contribution in [0.4, 0.5) is 0 Å². The molecule has 168 valence electrons. The SMILES string of the molecule is CCC1(C)CCCCC1.CCC1(CC)CCCCC1.CCC1CCCCC1C. The normalized spacial score (nSPS) is 28.9. The molecule has 0 aromatic carbocycles. The number of rotatable bonds is 4. The molecule has 0 spiro atoms. The zero-order chi connectivity index (χ0) is 20.9. The molecule has 3 fully saturated rings. The van der Waals surface area contributed by atoms with Crippen molar-refractivity contribution in [2.45, 2.75) is 157 Å². The Morgan fingerprint density at radius 2 is 1.11 bits per heavy atom. The van der Waals surface area contributed by atoms with Gasteiger partial charge in [0.2, 0.25) is 0 Å². The first-order chi connectivity index (χ1) is 13.4. The van der Waals surface area contributed by atoms with Gasteiger partial charge in [0.25, 0.3) is 0 Å². The van der Waals surface area contributed by atoms with Crippen LogP contribution in [-0.2, 0) is 0 Å². The second kappa shape index (κ2) is 14.1. The van der Waals surface area contributed by atoms with Gasteiger partial charge in [-0.15, -0.1) is 0 Å². The van der Waals surface area contributed by atoms with E-state index in [1.165, 1.54) is 116 Å². The topological polar surface area (TPSA) is 0 Å². The molecular weight excluding hydrogens is 336 g/mol. The Morgan fingerprint density at radius 3 is 1.43 bits per heavy atom. The Kier molecular flexibility index (Phi) is 13.1. The first-order valence-corrected chi connectivity index (χ1v) is 13.4. The van der Waals surface area contributed by atoms with Crippen molar-refractivity contribution in [3.05, 3.63) is 0 Å². The van der Waals surface area contributed by atoms with Crippen LogP contribution in [0, 0.1) is 22.7 Å². The molecule has 0 bridgehead atoms. The Labute approximate surface area is 180 Å². The van der Waals surface area contributed by atoms with Crippen LogP contribution in [0.2, 0.25) is 0 Å². The lowest BCUT2D eigenvalue weighted by Gasteiger charge is -2.35. The molecule has 0 heterocycles. The first-order valence-electron chi connectivity index (χ1n) is 13.4. The standard InChI is InChI=1S/C10H20.2C9H18/c1-3-10(4-2)8-6-5-7-9-10;1-3-9(2)7-5-4-6-8-9;1-3-9-7-5-4-6-8(9)2/h3-9H2,1-2H3;3-8H2,1-2H3;8-9H,3-7H2,1-2H3. The maximum absolute atomic E-state index is 2.44. The van der Waals surface area contributed by atoms with Crippen LogP contribution in [0.25, 0.3) is 0 Å². The minimum atomic E-state index is 0.720. The van der Waals surface area contributed by atoms with Crippen molar-refractivity contribution in [3.63, 3.8) is 0 Å². The van der Waals surface area contributed by atoms with Crippen LogP contribution in [0.3, 0.4) is 0 Å². The van der Waals surface area contributed by atoms with Crippen LogP contribution in [0.5, 0.6) is 0 Å². The second-order valence-corrected chi connectivity index (χ2v) is 10.9. The Morgan fingerprint density at radius 1 is 0.607 bits per heavy atom. The highest BCUT2D eigenvalue weighted by atomic mass is 14.3. The molecule has 0 nitrogen and oxygen atoms in total. The van der Waals surface area contributed by atoms with E-state index >= 15 is 0 Å². The van der Waals surface area contributed by atoms with Crippen molar-refractivity contribution in [3.8, 4) is 0 Å². The lowest BCUT2D eigenvalue weighted by Crippen LogP contribution is -2.21. The van der Waals surface area contributed by atoms with Crippen molar-refractivity contribution in [1.29, 1.82) is 0 Å². The van der Waals surface area contributed by atoms with Gasteiger partial charge < -0.3 is 0 Å². The fourth-order valence-corrected chi connectivity index (χ4v) is 6.02. The molecule has 3 rings (SSSR count). The fourth-order valence-electron chi connectivity index (χ4n) is 6.02. The summed E-state index contributed by atoms with van der Waals surface area (Å²) in [5.74, 6) is 2.07. The van der Waals surface area contributed by atoms with E-state index in [1.54, 1.807) is 0 Å². The molecule has 0 aromatic rings. The zero-order valence-corrected chi connectivity index (χ0v) is 20.9. The van der Waals surface area contributed by atoms with Crippen LogP contribution < -0.4 is 0 Å². The van der Waals surface area contributed by atoms with Gasteiger partial charge in [0.05, 0.1) is 0 Å². The molecule has 0 amide bonds. The van der Waals surface area contributed by atoms with Gasteiger partial charge in [-0.3, -0.25) is 0 Å². The van der Waals surface area contributed by atoms with E-state index in [9.17, 15) is 0 Å². The minimum Gasteiger partial charge on any atom is -0.0651 e. The molecule has 0 saturated heterocycles. The molecule has 3 aliphatic rings. The van der Waals surface area contributed by atoms with Gasteiger partial charge in [0, 0.05) is 0 Å². The second-order valence-electron chi connectivity index (χ2n) is 10.9. The van der Waals surface area contributed by atoms with Crippen molar-refractivity contribution < 1.29 is 0 Å². The maximum Gasteiger partial charge on any atom is -0.0303 e. The predicted molar refractivity (Wildman–Crippen MR) is 129 cm³/mol. The van der Waals surface area contributed by atoms with E-state index in [4.69, 9.17) is 0 Å². The lowest BCUT2D eigenvalue weighted by atomic mass is 9.71. The molecule has 3 saturated carbocycles. The first kappa shape index (κ1) is 26.0. The van der Waals surface area contributed by atoms with Gasteiger partial charge in [-0.25, -0.2) is 0 Å². The van der Waals surface area contributed by atoms with Gasteiger partial charge in [0.1, 0.15) is 0 Å². The van der Waals surface area contributed by atoms with E-state index < -0.39 is 0 Å². The summed E-state index contributed by atoms with van der Waals surface area (Å²) in [6, 6.07) is 0. The quantitative estimate of drug-likeness (QED) is 0.446. The third-order valence-corrected chi connectivity index (χ3v) is 9.14. The summed E-state index contributed by atoms with van der Waals surface area (Å²) >= 11 is 0. The molecule has 0 aliphatic heterocycles. The van der Waals surface area contributed by atoms with Crippen molar-refractivity contribution in [2.75, 3.05) is 0 Å². The van der Waals surface area contributed by atoms with Crippen LogP contribution in [0.1, 0.15) is 157 Å². The van der Waals surface area contributed by atoms with Crippen LogP contribution >= 0.6 is 0 Å². The highest BCUT2D eigenvalue weighted by Gasteiger charge is 2.27.